The number of carbonyl (C=O) groups is 1. The van der Waals surface area contributed by atoms with E-state index in [2.05, 4.69) is 32.8 Å². The van der Waals surface area contributed by atoms with E-state index in [1.54, 1.807) is 5.01 Å². The number of nitrogens with zero attached hydrogens (tertiary/aromatic N) is 3. The number of unbranched alkanes of at least 4 members (excludes halogenated alkanes) is 1. The number of benzene rings is 1. The zero-order valence-corrected chi connectivity index (χ0v) is 16.2. The Balaban J connectivity index is 1.90. The molecule has 138 valence electrons. The van der Waals surface area contributed by atoms with Crippen LogP contribution < -0.4 is 9.64 Å². The van der Waals surface area contributed by atoms with Crippen molar-refractivity contribution in [3.05, 3.63) is 47.9 Å². The molecule has 26 heavy (non-hydrogen) atoms. The molecule has 0 saturated carbocycles. The Bertz CT molecular complexity index is 800. The summed E-state index contributed by atoms with van der Waals surface area (Å²) >= 11 is 0. The number of para-hydroxylation sites is 2. The monoisotopic (exact) mass is 353 g/mol. The molecule has 0 spiro atoms. The van der Waals surface area contributed by atoms with E-state index >= 15 is 0 Å². The molecule has 3 rings (SSSR count). The second-order valence-corrected chi connectivity index (χ2v) is 7.69. The van der Waals surface area contributed by atoms with Crippen LogP contribution in [0.1, 0.15) is 40.5 Å². The average Bonchev–Trinajstić information content (AvgIpc) is 3.09. The van der Waals surface area contributed by atoms with Gasteiger partial charge in [-0.05, 0) is 30.7 Å². The van der Waals surface area contributed by atoms with Crippen molar-refractivity contribution >= 4 is 17.3 Å². The Morgan fingerprint density at radius 2 is 1.92 bits per heavy atom. The van der Waals surface area contributed by atoms with Crippen molar-refractivity contribution in [1.29, 1.82) is 0 Å². The van der Waals surface area contributed by atoms with Gasteiger partial charge in [-0.3, -0.25) is 4.79 Å². The van der Waals surface area contributed by atoms with E-state index in [4.69, 9.17) is 4.74 Å². The van der Waals surface area contributed by atoms with Crippen LogP contribution >= 0.6 is 0 Å². The summed E-state index contributed by atoms with van der Waals surface area (Å²) in [4.78, 5) is 14.8. The molecule has 1 aromatic carbocycles. The van der Waals surface area contributed by atoms with Crippen molar-refractivity contribution < 1.29 is 9.53 Å². The van der Waals surface area contributed by atoms with Crippen LogP contribution in [-0.4, -0.2) is 30.2 Å². The smallest absolute Gasteiger partial charge is 0.275 e. The summed E-state index contributed by atoms with van der Waals surface area (Å²) in [6.07, 6.45) is 5.68. The maximum absolute atomic E-state index is 12.8. The zero-order valence-electron chi connectivity index (χ0n) is 16.2. The minimum absolute atomic E-state index is 0.0293. The summed E-state index contributed by atoms with van der Waals surface area (Å²) < 4.78 is 5.90. The molecular formula is C21H27N3O2. The molecule has 0 bridgehead atoms. The number of amides is 1. The van der Waals surface area contributed by atoms with Gasteiger partial charge in [0.05, 0.1) is 17.0 Å². The Morgan fingerprint density at radius 1 is 1.19 bits per heavy atom. The summed E-state index contributed by atoms with van der Waals surface area (Å²) in [7, 11) is 1.96. The Morgan fingerprint density at radius 3 is 2.58 bits per heavy atom. The highest BCUT2D eigenvalue weighted by Gasteiger charge is 2.36. The molecule has 0 fully saturated rings. The van der Waals surface area contributed by atoms with Gasteiger partial charge in [-0.15, -0.1) is 0 Å². The van der Waals surface area contributed by atoms with Crippen LogP contribution in [0.3, 0.4) is 0 Å². The number of carbonyl (C=O) groups excluding carboxylic acids is 1. The molecule has 2 heterocycles. The fourth-order valence-electron chi connectivity index (χ4n) is 3.04. The standard InChI is InChI=1S/C21H27N3O2/c1-6-7-14-24-20(25)15(19(22-24)21(2,3)4)12-13-18-23(5)16-10-8-9-11-17(16)26-18/h8-13H,6-7,14H2,1-5H3/b15-12+,18-13+. The number of rotatable bonds is 4. The van der Waals surface area contributed by atoms with Gasteiger partial charge in [0, 0.05) is 19.0 Å². The maximum Gasteiger partial charge on any atom is 0.275 e. The van der Waals surface area contributed by atoms with Gasteiger partial charge in [0.2, 0.25) is 0 Å². The lowest BCUT2D eigenvalue weighted by atomic mass is 9.85. The number of anilines is 1. The number of fused-ring (bicyclic) bond motifs is 1. The van der Waals surface area contributed by atoms with Gasteiger partial charge in [-0.2, -0.15) is 5.10 Å². The highest BCUT2D eigenvalue weighted by atomic mass is 16.5. The van der Waals surface area contributed by atoms with Crippen LogP contribution in [0, 0.1) is 5.41 Å². The fraction of sp³-hybridized carbons (Fsp3) is 0.429. The third-order valence-corrected chi connectivity index (χ3v) is 4.54. The highest BCUT2D eigenvalue weighted by Crippen LogP contribution is 2.37. The first kappa shape index (κ1) is 18.2. The molecule has 0 aromatic heterocycles. The van der Waals surface area contributed by atoms with Crippen LogP contribution in [0.25, 0.3) is 0 Å². The Kier molecular flexibility index (Phi) is 4.90. The lowest BCUT2D eigenvalue weighted by Crippen LogP contribution is -2.25. The lowest BCUT2D eigenvalue weighted by Gasteiger charge is -2.17. The van der Waals surface area contributed by atoms with Gasteiger partial charge >= 0.3 is 0 Å². The molecule has 0 N–H and O–H groups in total. The fourth-order valence-corrected chi connectivity index (χ4v) is 3.04. The summed E-state index contributed by atoms with van der Waals surface area (Å²) in [6, 6.07) is 7.88. The summed E-state index contributed by atoms with van der Waals surface area (Å²) in [5.74, 6) is 1.50. The van der Waals surface area contributed by atoms with Crippen molar-refractivity contribution in [1.82, 2.24) is 5.01 Å². The van der Waals surface area contributed by atoms with Crippen LogP contribution in [0.15, 0.2) is 53.0 Å². The predicted octanol–water partition coefficient (Wildman–Crippen LogP) is 4.33. The van der Waals surface area contributed by atoms with E-state index in [9.17, 15) is 4.79 Å². The van der Waals surface area contributed by atoms with Crippen molar-refractivity contribution in [2.24, 2.45) is 10.5 Å². The van der Waals surface area contributed by atoms with E-state index in [-0.39, 0.29) is 11.3 Å². The van der Waals surface area contributed by atoms with E-state index in [0.717, 1.165) is 30.0 Å². The number of hydrogen-bond acceptors (Lipinski definition) is 4. The van der Waals surface area contributed by atoms with E-state index in [1.807, 2.05) is 48.4 Å². The molecule has 0 aliphatic carbocycles. The maximum atomic E-state index is 12.8. The van der Waals surface area contributed by atoms with E-state index in [0.29, 0.717) is 18.0 Å². The van der Waals surface area contributed by atoms with Crippen LogP contribution in [0.4, 0.5) is 5.69 Å². The largest absolute Gasteiger partial charge is 0.439 e. The van der Waals surface area contributed by atoms with Gasteiger partial charge < -0.3 is 9.64 Å². The van der Waals surface area contributed by atoms with Crippen molar-refractivity contribution in [3.63, 3.8) is 0 Å². The third kappa shape index (κ3) is 3.39. The minimum Gasteiger partial charge on any atom is -0.439 e. The van der Waals surface area contributed by atoms with Crippen molar-refractivity contribution in [2.75, 3.05) is 18.5 Å². The normalized spacial score (nSPS) is 20.0. The van der Waals surface area contributed by atoms with E-state index < -0.39 is 0 Å². The van der Waals surface area contributed by atoms with Gasteiger partial charge in [-0.25, -0.2) is 5.01 Å². The first-order chi connectivity index (χ1) is 12.3. The SMILES string of the molecule is CCCCN1N=C(C(C)(C)C)/C(=C\C=C2\Oc3ccccc3N2C)C1=O. The van der Waals surface area contributed by atoms with Gasteiger partial charge in [0.1, 0.15) is 0 Å². The minimum atomic E-state index is -0.202. The van der Waals surface area contributed by atoms with Gasteiger partial charge in [0.15, 0.2) is 11.6 Å². The molecule has 1 aromatic rings. The lowest BCUT2D eigenvalue weighted by molar-refractivity contribution is -0.125. The number of allylic oxidation sites excluding steroid dienone is 2. The highest BCUT2D eigenvalue weighted by molar-refractivity contribution is 6.26. The van der Waals surface area contributed by atoms with Crippen molar-refractivity contribution in [3.8, 4) is 5.75 Å². The van der Waals surface area contributed by atoms with Gasteiger partial charge in [0.25, 0.3) is 5.91 Å². The Labute approximate surface area is 155 Å². The van der Waals surface area contributed by atoms with Gasteiger partial charge in [-0.1, -0.05) is 46.2 Å². The first-order valence-electron chi connectivity index (χ1n) is 9.17. The third-order valence-electron chi connectivity index (χ3n) is 4.54. The van der Waals surface area contributed by atoms with E-state index in [1.165, 1.54) is 0 Å². The van der Waals surface area contributed by atoms with Crippen molar-refractivity contribution in [2.45, 2.75) is 40.5 Å². The number of hydrazone groups is 1. The quantitative estimate of drug-likeness (QED) is 0.757. The first-order valence-corrected chi connectivity index (χ1v) is 9.17. The average molecular weight is 353 g/mol. The molecule has 2 aliphatic rings. The second kappa shape index (κ2) is 6.98. The predicted molar refractivity (Wildman–Crippen MR) is 105 cm³/mol. The zero-order chi connectivity index (χ0) is 18.9. The molecule has 0 unspecified atom stereocenters. The number of ether oxygens (including phenoxy) is 1. The molecule has 5 nitrogen and oxygen atoms in total. The molecule has 5 heteroatoms. The molecule has 1 amide bonds. The topological polar surface area (TPSA) is 45.1 Å². The van der Waals surface area contributed by atoms with Crippen LogP contribution in [0.5, 0.6) is 5.75 Å². The molecule has 2 aliphatic heterocycles. The molecule has 0 atom stereocenters. The number of hydrogen-bond donors (Lipinski definition) is 0. The summed E-state index contributed by atoms with van der Waals surface area (Å²) in [5, 5.41) is 6.21. The Hall–Kier alpha value is -2.56. The molecule has 0 radical (unpaired) electrons. The van der Waals surface area contributed by atoms with Crippen LogP contribution in [0.2, 0.25) is 0 Å². The second-order valence-electron chi connectivity index (χ2n) is 7.69. The summed E-state index contributed by atoms with van der Waals surface area (Å²) in [5.41, 5.74) is 2.29. The molecular weight excluding hydrogens is 326 g/mol. The molecule has 0 saturated heterocycles. The summed E-state index contributed by atoms with van der Waals surface area (Å²) in [6.45, 7) is 9.01. The van der Waals surface area contributed by atoms with Crippen LogP contribution in [-0.2, 0) is 4.79 Å².